The molecule has 2 aliphatic heterocycles. The van der Waals surface area contributed by atoms with Crippen LogP contribution >= 0.6 is 0 Å². The molecule has 0 aliphatic carbocycles. The summed E-state index contributed by atoms with van der Waals surface area (Å²) in [5.41, 5.74) is 2.06. The molecule has 3 rings (SSSR count). The van der Waals surface area contributed by atoms with Gasteiger partial charge in [0.05, 0.1) is 25.9 Å². The van der Waals surface area contributed by atoms with Crippen molar-refractivity contribution in [1.29, 1.82) is 0 Å². The van der Waals surface area contributed by atoms with Crippen LogP contribution in [0.2, 0.25) is 0 Å². The number of benzene rings is 1. The Kier molecular flexibility index (Phi) is 3.76. The Morgan fingerprint density at radius 2 is 2.25 bits per heavy atom. The molecule has 20 heavy (non-hydrogen) atoms. The second kappa shape index (κ2) is 5.54. The predicted molar refractivity (Wildman–Crippen MR) is 76.3 cm³/mol. The second-order valence-corrected chi connectivity index (χ2v) is 5.39. The molecule has 2 unspecified atom stereocenters. The molecule has 0 N–H and O–H groups in total. The zero-order chi connectivity index (χ0) is 14.1. The summed E-state index contributed by atoms with van der Waals surface area (Å²) in [6.07, 6.45) is 3.06. The van der Waals surface area contributed by atoms with E-state index in [0.717, 1.165) is 24.3 Å². The number of likely N-dealkylation sites (N-methyl/N-ethyl adjacent to an activating group) is 1. The van der Waals surface area contributed by atoms with E-state index in [-0.39, 0.29) is 11.9 Å². The average molecular weight is 277 g/mol. The molecule has 1 aromatic carbocycles. The number of nitrogens with zero attached hydrogens (tertiary/aromatic N) is 1. The SMILES string of the molecule is CCOc1ccc(F)cc1C1=CC2COCC(C1)N2C. The van der Waals surface area contributed by atoms with Crippen LogP contribution in [0.5, 0.6) is 5.75 Å². The fourth-order valence-corrected chi connectivity index (χ4v) is 2.99. The Morgan fingerprint density at radius 1 is 1.40 bits per heavy atom. The molecule has 2 atom stereocenters. The standard InChI is InChI=1S/C16H20FNO2/c1-3-20-16-5-4-12(17)8-15(16)11-6-13-9-19-10-14(7-11)18(13)2/h4-6,8,13-14H,3,7,9-10H2,1-2H3. The van der Waals surface area contributed by atoms with Crippen molar-refractivity contribution in [2.45, 2.75) is 25.4 Å². The van der Waals surface area contributed by atoms with Gasteiger partial charge in [0.25, 0.3) is 0 Å². The molecule has 0 radical (unpaired) electrons. The highest BCUT2D eigenvalue weighted by Crippen LogP contribution is 2.36. The van der Waals surface area contributed by atoms with Crippen molar-refractivity contribution in [2.75, 3.05) is 26.9 Å². The van der Waals surface area contributed by atoms with Crippen molar-refractivity contribution in [1.82, 2.24) is 4.90 Å². The van der Waals surface area contributed by atoms with Gasteiger partial charge >= 0.3 is 0 Å². The molecule has 2 heterocycles. The molecule has 4 heteroatoms. The molecule has 1 fully saturated rings. The number of morpholine rings is 1. The first kappa shape index (κ1) is 13.6. The molecule has 1 saturated heterocycles. The van der Waals surface area contributed by atoms with Crippen molar-refractivity contribution in [3.05, 3.63) is 35.7 Å². The summed E-state index contributed by atoms with van der Waals surface area (Å²) in [7, 11) is 2.13. The first-order valence-electron chi connectivity index (χ1n) is 7.12. The predicted octanol–water partition coefficient (Wildman–Crippen LogP) is 2.71. The summed E-state index contributed by atoms with van der Waals surface area (Å²) in [4.78, 5) is 2.34. The Bertz CT molecular complexity index is 529. The average Bonchev–Trinajstić information content (AvgIpc) is 2.41. The zero-order valence-corrected chi connectivity index (χ0v) is 11.9. The normalized spacial score (nSPS) is 26.2. The van der Waals surface area contributed by atoms with E-state index in [1.165, 1.54) is 11.6 Å². The van der Waals surface area contributed by atoms with Crippen LogP contribution in [0.15, 0.2) is 24.3 Å². The van der Waals surface area contributed by atoms with E-state index in [1.807, 2.05) is 6.92 Å². The van der Waals surface area contributed by atoms with E-state index in [2.05, 4.69) is 18.0 Å². The number of rotatable bonds is 3. The smallest absolute Gasteiger partial charge is 0.126 e. The second-order valence-electron chi connectivity index (χ2n) is 5.39. The van der Waals surface area contributed by atoms with E-state index >= 15 is 0 Å². The lowest BCUT2D eigenvalue weighted by Crippen LogP contribution is -2.51. The zero-order valence-electron chi connectivity index (χ0n) is 11.9. The summed E-state index contributed by atoms with van der Waals surface area (Å²) in [6.45, 7) is 3.97. The molecule has 2 aliphatic rings. The van der Waals surface area contributed by atoms with E-state index in [4.69, 9.17) is 9.47 Å². The van der Waals surface area contributed by atoms with Crippen LogP contribution in [0.1, 0.15) is 18.9 Å². The lowest BCUT2D eigenvalue weighted by Gasteiger charge is -2.42. The summed E-state index contributed by atoms with van der Waals surface area (Å²) in [5.74, 6) is 0.549. The van der Waals surface area contributed by atoms with Gasteiger partial charge < -0.3 is 9.47 Å². The highest BCUT2D eigenvalue weighted by molar-refractivity contribution is 5.72. The third-order valence-corrected chi connectivity index (χ3v) is 4.13. The van der Waals surface area contributed by atoms with Crippen LogP contribution in [0.3, 0.4) is 0 Å². The van der Waals surface area contributed by atoms with Gasteiger partial charge in [0.15, 0.2) is 0 Å². The quantitative estimate of drug-likeness (QED) is 0.848. The number of hydrogen-bond donors (Lipinski definition) is 0. The molecule has 0 amide bonds. The summed E-state index contributed by atoms with van der Waals surface area (Å²) in [6, 6.07) is 5.40. The number of fused-ring (bicyclic) bond motifs is 2. The lowest BCUT2D eigenvalue weighted by atomic mass is 9.90. The monoisotopic (exact) mass is 277 g/mol. The molecule has 108 valence electrons. The number of hydrogen-bond acceptors (Lipinski definition) is 3. The van der Waals surface area contributed by atoms with Gasteiger partial charge in [-0.05, 0) is 44.2 Å². The van der Waals surface area contributed by atoms with E-state index in [9.17, 15) is 4.39 Å². The van der Waals surface area contributed by atoms with E-state index in [1.54, 1.807) is 12.1 Å². The summed E-state index contributed by atoms with van der Waals surface area (Å²) < 4.78 is 24.8. The van der Waals surface area contributed by atoms with Gasteiger partial charge in [0.1, 0.15) is 11.6 Å². The Hall–Kier alpha value is -1.39. The Labute approximate surface area is 119 Å². The maximum Gasteiger partial charge on any atom is 0.126 e. The fourth-order valence-electron chi connectivity index (χ4n) is 2.99. The van der Waals surface area contributed by atoms with Crippen LogP contribution in [0.25, 0.3) is 5.57 Å². The summed E-state index contributed by atoms with van der Waals surface area (Å²) >= 11 is 0. The van der Waals surface area contributed by atoms with E-state index < -0.39 is 0 Å². The minimum Gasteiger partial charge on any atom is -0.493 e. The number of halogens is 1. The first-order chi connectivity index (χ1) is 9.69. The molecule has 1 aromatic rings. The minimum absolute atomic E-state index is 0.218. The van der Waals surface area contributed by atoms with Crippen molar-refractivity contribution >= 4 is 5.57 Å². The van der Waals surface area contributed by atoms with Gasteiger partial charge in [0.2, 0.25) is 0 Å². The topological polar surface area (TPSA) is 21.7 Å². The van der Waals surface area contributed by atoms with Gasteiger partial charge in [-0.15, -0.1) is 0 Å². The van der Waals surface area contributed by atoms with Gasteiger partial charge in [-0.1, -0.05) is 6.08 Å². The van der Waals surface area contributed by atoms with Crippen molar-refractivity contribution in [2.24, 2.45) is 0 Å². The highest BCUT2D eigenvalue weighted by Gasteiger charge is 2.32. The van der Waals surface area contributed by atoms with Crippen LogP contribution in [-0.4, -0.2) is 43.9 Å². The fraction of sp³-hybridized carbons (Fsp3) is 0.500. The van der Waals surface area contributed by atoms with Crippen molar-refractivity contribution in [3.63, 3.8) is 0 Å². The molecule has 2 bridgehead atoms. The maximum atomic E-state index is 13.6. The third kappa shape index (κ3) is 2.45. The number of ether oxygens (including phenoxy) is 2. The van der Waals surface area contributed by atoms with Crippen molar-refractivity contribution < 1.29 is 13.9 Å². The van der Waals surface area contributed by atoms with Crippen LogP contribution in [0.4, 0.5) is 4.39 Å². The molecule has 0 aromatic heterocycles. The molecule has 3 nitrogen and oxygen atoms in total. The molecule has 0 spiro atoms. The van der Waals surface area contributed by atoms with Crippen molar-refractivity contribution in [3.8, 4) is 5.75 Å². The lowest BCUT2D eigenvalue weighted by molar-refractivity contribution is -0.0221. The summed E-state index contributed by atoms with van der Waals surface area (Å²) in [5, 5.41) is 0. The Morgan fingerprint density at radius 3 is 3.00 bits per heavy atom. The first-order valence-corrected chi connectivity index (χ1v) is 7.12. The molecular weight excluding hydrogens is 257 g/mol. The van der Waals surface area contributed by atoms with Crippen LogP contribution in [-0.2, 0) is 4.74 Å². The van der Waals surface area contributed by atoms with Gasteiger partial charge in [-0.2, -0.15) is 0 Å². The maximum absolute atomic E-state index is 13.6. The van der Waals surface area contributed by atoms with E-state index in [0.29, 0.717) is 19.3 Å². The minimum atomic E-state index is -0.218. The van der Waals surface area contributed by atoms with Gasteiger partial charge in [0, 0.05) is 11.6 Å². The molecule has 0 saturated carbocycles. The molecular formula is C16H20FNO2. The van der Waals surface area contributed by atoms with Crippen LogP contribution in [0, 0.1) is 5.82 Å². The third-order valence-electron chi connectivity index (χ3n) is 4.13. The van der Waals surface area contributed by atoms with Gasteiger partial charge in [-0.3, -0.25) is 4.90 Å². The Balaban J connectivity index is 1.98. The van der Waals surface area contributed by atoms with Gasteiger partial charge in [-0.25, -0.2) is 4.39 Å². The highest BCUT2D eigenvalue weighted by atomic mass is 19.1. The van der Waals surface area contributed by atoms with Crippen LogP contribution < -0.4 is 4.74 Å². The largest absolute Gasteiger partial charge is 0.493 e.